The summed E-state index contributed by atoms with van der Waals surface area (Å²) in [6, 6.07) is 32.7. The number of hydrogen-bond donors (Lipinski definition) is 1. The predicted molar refractivity (Wildman–Crippen MR) is 120 cm³/mol. The van der Waals surface area contributed by atoms with Gasteiger partial charge in [0.25, 0.3) is 0 Å². The van der Waals surface area contributed by atoms with Crippen LogP contribution in [0.5, 0.6) is 0 Å². The van der Waals surface area contributed by atoms with Crippen molar-refractivity contribution < 1.29 is 0 Å². The molecule has 0 aromatic heterocycles. The lowest BCUT2D eigenvalue weighted by Crippen LogP contribution is -2.20. The molecule has 0 radical (unpaired) electrons. The third-order valence-corrected chi connectivity index (χ3v) is 8.55. The highest BCUT2D eigenvalue weighted by Crippen LogP contribution is 2.35. The summed E-state index contributed by atoms with van der Waals surface area (Å²) >= 11 is 0. The van der Waals surface area contributed by atoms with Gasteiger partial charge in [-0.25, -0.2) is 0 Å². The van der Waals surface area contributed by atoms with Crippen LogP contribution in [-0.2, 0) is 6.54 Å². The monoisotopic (exact) mass is 379 g/mol. The third-order valence-electron chi connectivity index (χ3n) is 4.34. The Labute approximate surface area is 160 Å². The number of hydrogen-bond acceptors (Lipinski definition) is 1. The second-order valence-corrected chi connectivity index (χ2v) is 10.2. The molecule has 3 rings (SSSR count). The standard InChI is InChI=1S/C23H27NP2/c1-4-10-21(11-5-1)20-24-16-18-26(23-14-8-3-9-15-23)19-17-25-22-12-6-2-7-13-22/h1-15,24-25H,16-20H2. The Hall–Kier alpha value is -1.52. The average Bonchev–Trinajstić information content (AvgIpc) is 2.72. The number of rotatable bonds is 10. The first kappa shape index (κ1) is 19.2. The molecule has 0 bridgehead atoms. The summed E-state index contributed by atoms with van der Waals surface area (Å²) in [7, 11) is 0.833. The van der Waals surface area contributed by atoms with E-state index >= 15 is 0 Å². The van der Waals surface area contributed by atoms with E-state index in [1.165, 1.54) is 29.4 Å². The van der Waals surface area contributed by atoms with Crippen molar-refractivity contribution in [2.45, 2.75) is 6.54 Å². The Morgan fingerprint density at radius 3 is 2.00 bits per heavy atom. The van der Waals surface area contributed by atoms with Crippen molar-refractivity contribution in [1.82, 2.24) is 5.32 Å². The Balaban J connectivity index is 1.48. The normalized spacial score (nSPS) is 12.5. The average molecular weight is 379 g/mol. The molecular weight excluding hydrogens is 352 g/mol. The fraction of sp³-hybridized carbons (Fsp3) is 0.217. The zero-order chi connectivity index (χ0) is 17.9. The summed E-state index contributed by atoms with van der Waals surface area (Å²) in [5.41, 5.74) is 1.36. The van der Waals surface area contributed by atoms with Crippen molar-refractivity contribution in [3.8, 4) is 0 Å². The van der Waals surface area contributed by atoms with Crippen LogP contribution < -0.4 is 15.9 Å². The SMILES string of the molecule is c1ccc(CNCCP(CCPc2ccccc2)c2ccccc2)cc1. The van der Waals surface area contributed by atoms with Crippen LogP contribution in [-0.4, -0.2) is 25.0 Å². The van der Waals surface area contributed by atoms with Crippen LogP contribution in [0.25, 0.3) is 0 Å². The van der Waals surface area contributed by atoms with Gasteiger partial charge in [-0.15, -0.1) is 0 Å². The highest BCUT2D eigenvalue weighted by atomic mass is 31.1. The van der Waals surface area contributed by atoms with Crippen molar-refractivity contribution in [1.29, 1.82) is 0 Å². The van der Waals surface area contributed by atoms with Crippen LogP contribution >= 0.6 is 16.5 Å². The minimum absolute atomic E-state index is 0.0881. The lowest BCUT2D eigenvalue weighted by atomic mass is 10.2. The maximum atomic E-state index is 3.63. The lowest BCUT2D eigenvalue weighted by Gasteiger charge is -2.19. The highest BCUT2D eigenvalue weighted by Gasteiger charge is 2.10. The molecule has 0 amide bonds. The van der Waals surface area contributed by atoms with Gasteiger partial charge in [-0.3, -0.25) is 0 Å². The summed E-state index contributed by atoms with van der Waals surface area (Å²) in [6.45, 7) is 2.05. The molecular formula is C23H27NP2. The van der Waals surface area contributed by atoms with Crippen molar-refractivity contribution in [3.05, 3.63) is 96.6 Å². The first-order chi connectivity index (χ1) is 12.9. The molecule has 26 heavy (non-hydrogen) atoms. The van der Waals surface area contributed by atoms with Crippen LogP contribution in [0.1, 0.15) is 5.56 Å². The molecule has 3 aromatic carbocycles. The topological polar surface area (TPSA) is 12.0 Å². The largest absolute Gasteiger partial charge is 0.312 e. The molecule has 3 heteroatoms. The molecule has 0 aliphatic heterocycles. The van der Waals surface area contributed by atoms with E-state index in [4.69, 9.17) is 0 Å². The molecule has 0 heterocycles. The molecule has 2 unspecified atom stereocenters. The Kier molecular flexibility index (Phi) is 8.33. The van der Waals surface area contributed by atoms with Crippen LogP contribution in [0.4, 0.5) is 0 Å². The van der Waals surface area contributed by atoms with E-state index in [1.54, 1.807) is 5.30 Å². The first-order valence-electron chi connectivity index (χ1n) is 9.25. The molecule has 0 fully saturated rings. The fourth-order valence-electron chi connectivity index (χ4n) is 2.94. The lowest BCUT2D eigenvalue weighted by molar-refractivity contribution is 0.730. The molecule has 0 saturated heterocycles. The van der Waals surface area contributed by atoms with Gasteiger partial charge in [-0.1, -0.05) is 107 Å². The van der Waals surface area contributed by atoms with Gasteiger partial charge in [0.2, 0.25) is 0 Å². The third kappa shape index (κ3) is 6.65. The van der Waals surface area contributed by atoms with Crippen LogP contribution in [0, 0.1) is 0 Å². The Morgan fingerprint density at radius 2 is 1.31 bits per heavy atom. The summed E-state index contributed by atoms with van der Waals surface area (Å²) < 4.78 is 0. The van der Waals surface area contributed by atoms with Crippen molar-refractivity contribution >= 4 is 27.1 Å². The van der Waals surface area contributed by atoms with E-state index < -0.39 is 0 Å². The van der Waals surface area contributed by atoms with E-state index in [9.17, 15) is 0 Å². The summed E-state index contributed by atoms with van der Waals surface area (Å²) in [5, 5.41) is 6.66. The Morgan fingerprint density at radius 1 is 0.692 bits per heavy atom. The molecule has 0 aliphatic rings. The van der Waals surface area contributed by atoms with E-state index in [0.717, 1.165) is 21.7 Å². The van der Waals surface area contributed by atoms with Crippen LogP contribution in [0.15, 0.2) is 91.0 Å². The molecule has 1 nitrogen and oxygen atoms in total. The molecule has 3 aromatic rings. The van der Waals surface area contributed by atoms with E-state index in [-0.39, 0.29) is 7.92 Å². The summed E-state index contributed by atoms with van der Waals surface area (Å²) in [5.74, 6) is 0. The van der Waals surface area contributed by atoms with Crippen molar-refractivity contribution in [2.24, 2.45) is 0 Å². The second-order valence-electron chi connectivity index (χ2n) is 6.28. The number of benzene rings is 3. The summed E-state index contributed by atoms with van der Waals surface area (Å²) in [4.78, 5) is 0. The van der Waals surface area contributed by atoms with E-state index in [0.29, 0.717) is 0 Å². The van der Waals surface area contributed by atoms with Gasteiger partial charge in [0.1, 0.15) is 0 Å². The second kappa shape index (κ2) is 11.2. The van der Waals surface area contributed by atoms with E-state index in [1.807, 2.05) is 0 Å². The van der Waals surface area contributed by atoms with Gasteiger partial charge >= 0.3 is 0 Å². The zero-order valence-electron chi connectivity index (χ0n) is 15.1. The van der Waals surface area contributed by atoms with Gasteiger partial charge in [0, 0.05) is 6.54 Å². The van der Waals surface area contributed by atoms with Gasteiger partial charge in [-0.05, 0) is 41.2 Å². The molecule has 0 spiro atoms. The maximum Gasteiger partial charge on any atom is 0.0205 e. The molecule has 2 atom stereocenters. The van der Waals surface area contributed by atoms with Gasteiger partial charge in [0.05, 0.1) is 0 Å². The van der Waals surface area contributed by atoms with Gasteiger partial charge < -0.3 is 5.32 Å². The molecule has 0 aliphatic carbocycles. The summed E-state index contributed by atoms with van der Waals surface area (Å²) in [6.07, 6.45) is 3.87. The predicted octanol–water partition coefficient (Wildman–Crippen LogP) is 4.59. The Bertz CT molecular complexity index is 732. The van der Waals surface area contributed by atoms with E-state index in [2.05, 4.69) is 96.3 Å². The quantitative estimate of drug-likeness (QED) is 0.401. The molecule has 0 saturated carbocycles. The molecule has 134 valence electrons. The smallest absolute Gasteiger partial charge is 0.0205 e. The fourth-order valence-corrected chi connectivity index (χ4v) is 6.95. The van der Waals surface area contributed by atoms with Crippen molar-refractivity contribution in [3.63, 3.8) is 0 Å². The van der Waals surface area contributed by atoms with Gasteiger partial charge in [0.15, 0.2) is 0 Å². The van der Waals surface area contributed by atoms with Crippen LogP contribution in [0.2, 0.25) is 0 Å². The molecule has 1 N–H and O–H groups in total. The van der Waals surface area contributed by atoms with Crippen molar-refractivity contribution in [2.75, 3.05) is 25.0 Å². The zero-order valence-corrected chi connectivity index (χ0v) is 17.0. The van der Waals surface area contributed by atoms with Crippen LogP contribution in [0.3, 0.4) is 0 Å². The minimum Gasteiger partial charge on any atom is -0.312 e. The van der Waals surface area contributed by atoms with Gasteiger partial charge in [-0.2, -0.15) is 0 Å². The first-order valence-corrected chi connectivity index (χ1v) is 12.2. The number of nitrogens with one attached hydrogen (secondary N) is 1. The highest BCUT2D eigenvalue weighted by molar-refractivity contribution is 7.66. The maximum absolute atomic E-state index is 3.63. The minimum atomic E-state index is -0.0881.